The van der Waals surface area contributed by atoms with E-state index in [0.717, 1.165) is 0 Å². The number of oxime groups is 1. The maximum Gasteiger partial charge on any atom is 0.271 e. The minimum Gasteiger partial charge on any atom is -0.507 e. The number of phenols is 1. The summed E-state index contributed by atoms with van der Waals surface area (Å²) in [5.41, 5.74) is 5.21. The first-order chi connectivity index (χ1) is 6.66. The Labute approximate surface area is 80.8 Å². The van der Waals surface area contributed by atoms with E-state index in [0.29, 0.717) is 0 Å². The Bertz CT molecular complexity index is 374. The molecule has 1 amide bonds. The summed E-state index contributed by atoms with van der Waals surface area (Å²) >= 11 is 0. The number of carbonyl (C=O) groups excluding carboxylic acids is 1. The lowest BCUT2D eigenvalue weighted by Crippen LogP contribution is -2.24. The molecule has 3 N–H and O–H groups in total. The van der Waals surface area contributed by atoms with E-state index < -0.39 is 5.91 Å². The molecule has 0 aliphatic rings. The van der Waals surface area contributed by atoms with Crippen LogP contribution in [0.1, 0.15) is 5.56 Å². The van der Waals surface area contributed by atoms with Crippen LogP contribution >= 0.6 is 0 Å². The fourth-order valence-corrected chi connectivity index (χ4v) is 0.992. The standard InChI is InChI=1S/C9H10N2O3/c1-14-11-8(9(10)13)6-4-2-3-5-7(6)12/h2-5,12H,1H3,(H2,10,13)/b11-8-. The van der Waals surface area contributed by atoms with Crippen molar-refractivity contribution in [3.05, 3.63) is 29.8 Å². The van der Waals surface area contributed by atoms with Crippen molar-refractivity contribution in [2.24, 2.45) is 10.9 Å². The molecule has 5 nitrogen and oxygen atoms in total. The van der Waals surface area contributed by atoms with E-state index in [9.17, 15) is 9.90 Å². The Morgan fingerprint density at radius 1 is 1.50 bits per heavy atom. The summed E-state index contributed by atoms with van der Waals surface area (Å²) in [5.74, 6) is -0.824. The van der Waals surface area contributed by atoms with Crippen molar-refractivity contribution in [3.8, 4) is 5.75 Å². The van der Waals surface area contributed by atoms with Gasteiger partial charge in [0, 0.05) is 0 Å². The Hall–Kier alpha value is -2.04. The summed E-state index contributed by atoms with van der Waals surface area (Å²) in [7, 11) is 1.29. The van der Waals surface area contributed by atoms with Gasteiger partial charge in [-0.15, -0.1) is 0 Å². The van der Waals surface area contributed by atoms with Crippen LogP contribution in [-0.4, -0.2) is 23.8 Å². The molecule has 14 heavy (non-hydrogen) atoms. The third-order valence-electron chi connectivity index (χ3n) is 1.58. The van der Waals surface area contributed by atoms with Crippen LogP contribution in [0, 0.1) is 0 Å². The van der Waals surface area contributed by atoms with E-state index in [2.05, 4.69) is 9.99 Å². The number of hydrogen-bond donors (Lipinski definition) is 2. The van der Waals surface area contributed by atoms with Crippen molar-refractivity contribution in [1.29, 1.82) is 0 Å². The largest absolute Gasteiger partial charge is 0.507 e. The third-order valence-corrected chi connectivity index (χ3v) is 1.58. The summed E-state index contributed by atoms with van der Waals surface area (Å²) in [6.45, 7) is 0. The first-order valence-electron chi connectivity index (χ1n) is 3.86. The average molecular weight is 194 g/mol. The number of amides is 1. The van der Waals surface area contributed by atoms with E-state index in [1.807, 2.05) is 0 Å². The lowest BCUT2D eigenvalue weighted by Gasteiger charge is -2.03. The second-order valence-corrected chi connectivity index (χ2v) is 2.50. The minimum absolute atomic E-state index is 0.0675. The molecule has 0 heterocycles. The van der Waals surface area contributed by atoms with E-state index in [1.165, 1.54) is 19.2 Å². The van der Waals surface area contributed by atoms with Crippen molar-refractivity contribution in [3.63, 3.8) is 0 Å². The van der Waals surface area contributed by atoms with Crippen LogP contribution in [-0.2, 0) is 9.63 Å². The van der Waals surface area contributed by atoms with Crippen molar-refractivity contribution >= 4 is 11.6 Å². The molecule has 0 saturated carbocycles. The van der Waals surface area contributed by atoms with Gasteiger partial charge in [-0.1, -0.05) is 17.3 Å². The number of para-hydroxylation sites is 1. The molecule has 0 aromatic heterocycles. The van der Waals surface area contributed by atoms with Crippen LogP contribution in [0.15, 0.2) is 29.4 Å². The predicted octanol–water partition coefficient (Wildman–Crippen LogP) is 0.228. The van der Waals surface area contributed by atoms with Crippen LogP contribution in [0.4, 0.5) is 0 Å². The number of primary amides is 1. The highest BCUT2D eigenvalue weighted by molar-refractivity contribution is 6.45. The Morgan fingerprint density at radius 3 is 2.64 bits per heavy atom. The summed E-state index contributed by atoms with van der Waals surface area (Å²) in [6.07, 6.45) is 0. The molecule has 0 fully saturated rings. The lowest BCUT2D eigenvalue weighted by molar-refractivity contribution is -0.112. The van der Waals surface area contributed by atoms with Crippen LogP contribution < -0.4 is 5.73 Å². The van der Waals surface area contributed by atoms with Crippen molar-refractivity contribution in [2.75, 3.05) is 7.11 Å². The number of hydrogen-bond acceptors (Lipinski definition) is 4. The number of carbonyl (C=O) groups is 1. The average Bonchev–Trinajstić information content (AvgIpc) is 2.15. The summed E-state index contributed by atoms with van der Waals surface area (Å²) in [4.78, 5) is 15.4. The van der Waals surface area contributed by atoms with Gasteiger partial charge in [-0.25, -0.2) is 0 Å². The number of nitrogens with zero attached hydrogens (tertiary/aromatic N) is 1. The zero-order valence-electron chi connectivity index (χ0n) is 7.60. The van der Waals surface area contributed by atoms with E-state index in [1.54, 1.807) is 12.1 Å². The van der Waals surface area contributed by atoms with Crippen LogP contribution in [0.5, 0.6) is 5.75 Å². The molecule has 0 unspecified atom stereocenters. The van der Waals surface area contributed by atoms with Gasteiger partial charge in [0.15, 0.2) is 5.71 Å². The highest BCUT2D eigenvalue weighted by Crippen LogP contribution is 2.16. The topological polar surface area (TPSA) is 84.9 Å². The Balaban J connectivity index is 3.19. The molecule has 1 rings (SSSR count). The van der Waals surface area contributed by atoms with Gasteiger partial charge in [0.2, 0.25) is 0 Å². The molecule has 0 spiro atoms. The maximum absolute atomic E-state index is 10.9. The monoisotopic (exact) mass is 194 g/mol. The molecule has 0 bridgehead atoms. The molecule has 74 valence electrons. The smallest absolute Gasteiger partial charge is 0.271 e. The molecule has 1 aromatic rings. The molecule has 1 aromatic carbocycles. The van der Waals surface area contributed by atoms with Gasteiger partial charge in [-0.2, -0.15) is 0 Å². The number of rotatable bonds is 3. The van der Waals surface area contributed by atoms with Crippen LogP contribution in [0.25, 0.3) is 0 Å². The summed E-state index contributed by atoms with van der Waals surface area (Å²) in [5, 5.41) is 12.8. The molecule has 0 saturated heterocycles. The zero-order valence-corrected chi connectivity index (χ0v) is 7.60. The van der Waals surface area contributed by atoms with Gasteiger partial charge < -0.3 is 15.7 Å². The summed E-state index contributed by atoms with van der Waals surface area (Å²) < 4.78 is 0. The Kier molecular flexibility index (Phi) is 3.06. The third kappa shape index (κ3) is 2.01. The maximum atomic E-state index is 10.9. The van der Waals surface area contributed by atoms with Crippen molar-refractivity contribution in [1.82, 2.24) is 0 Å². The molecule has 5 heteroatoms. The SMILES string of the molecule is CO/N=C(\C(N)=O)c1ccccc1O. The molecule has 0 aliphatic heterocycles. The van der Waals surface area contributed by atoms with E-state index in [4.69, 9.17) is 5.73 Å². The minimum atomic E-state index is -0.756. The molecular weight excluding hydrogens is 184 g/mol. The van der Waals surface area contributed by atoms with Gasteiger partial charge in [0.1, 0.15) is 12.9 Å². The fraction of sp³-hybridized carbons (Fsp3) is 0.111. The molecule has 0 atom stereocenters. The highest BCUT2D eigenvalue weighted by atomic mass is 16.6. The number of phenolic OH excluding ortho intramolecular Hbond substituents is 1. The van der Waals surface area contributed by atoms with E-state index >= 15 is 0 Å². The van der Waals surface area contributed by atoms with Gasteiger partial charge in [-0.05, 0) is 12.1 Å². The summed E-state index contributed by atoms with van der Waals surface area (Å²) in [6, 6.07) is 6.24. The first kappa shape index (κ1) is 10.0. The Morgan fingerprint density at radius 2 is 2.14 bits per heavy atom. The van der Waals surface area contributed by atoms with Gasteiger partial charge >= 0.3 is 0 Å². The van der Waals surface area contributed by atoms with Crippen molar-refractivity contribution < 1.29 is 14.7 Å². The van der Waals surface area contributed by atoms with E-state index in [-0.39, 0.29) is 17.0 Å². The fourth-order valence-electron chi connectivity index (χ4n) is 0.992. The second-order valence-electron chi connectivity index (χ2n) is 2.50. The lowest BCUT2D eigenvalue weighted by atomic mass is 10.1. The highest BCUT2D eigenvalue weighted by Gasteiger charge is 2.14. The zero-order chi connectivity index (χ0) is 10.6. The normalized spacial score (nSPS) is 11.1. The molecule has 0 aliphatic carbocycles. The predicted molar refractivity (Wildman–Crippen MR) is 50.8 cm³/mol. The number of nitrogens with two attached hydrogens (primary N) is 1. The molecular formula is C9H10N2O3. The number of benzene rings is 1. The van der Waals surface area contributed by atoms with Gasteiger partial charge in [-0.3, -0.25) is 4.79 Å². The molecule has 0 radical (unpaired) electrons. The number of aromatic hydroxyl groups is 1. The van der Waals surface area contributed by atoms with Crippen LogP contribution in [0.3, 0.4) is 0 Å². The second kappa shape index (κ2) is 4.27. The van der Waals surface area contributed by atoms with Crippen molar-refractivity contribution in [2.45, 2.75) is 0 Å². The van der Waals surface area contributed by atoms with Gasteiger partial charge in [0.05, 0.1) is 5.56 Å². The van der Waals surface area contributed by atoms with Crippen LogP contribution in [0.2, 0.25) is 0 Å². The quantitative estimate of drug-likeness (QED) is 0.533. The first-order valence-corrected chi connectivity index (χ1v) is 3.86. The van der Waals surface area contributed by atoms with Gasteiger partial charge in [0.25, 0.3) is 5.91 Å².